The van der Waals surface area contributed by atoms with Crippen LogP contribution in [0.25, 0.3) is 11.1 Å². The van der Waals surface area contributed by atoms with E-state index in [9.17, 15) is 14.9 Å². The van der Waals surface area contributed by atoms with E-state index < -0.39 is 10.9 Å². The molecule has 0 fully saturated rings. The summed E-state index contributed by atoms with van der Waals surface area (Å²) in [6, 6.07) is 19.4. The molecule has 0 unspecified atom stereocenters. The Morgan fingerprint density at radius 1 is 1.04 bits per heavy atom. The molecule has 0 saturated heterocycles. The van der Waals surface area contributed by atoms with Crippen molar-refractivity contribution in [2.75, 3.05) is 12.4 Å². The maximum atomic E-state index is 11.0. The highest BCUT2D eigenvalue weighted by Crippen LogP contribution is 2.23. The molecule has 0 saturated carbocycles. The zero-order valence-electron chi connectivity index (χ0n) is 14.0. The Hall–Kier alpha value is -3.74. The van der Waals surface area contributed by atoms with Crippen LogP contribution in [0.5, 0.6) is 0 Å². The van der Waals surface area contributed by atoms with E-state index in [0.717, 1.165) is 11.1 Å². The smallest absolute Gasteiger partial charge is 0.336 e. The summed E-state index contributed by atoms with van der Waals surface area (Å²) in [7, 11) is 1.59. The van der Waals surface area contributed by atoms with Gasteiger partial charge in [-0.2, -0.15) is 0 Å². The quantitative estimate of drug-likeness (QED) is 0.542. The van der Waals surface area contributed by atoms with Gasteiger partial charge in [0, 0.05) is 19.3 Å². The van der Waals surface area contributed by atoms with Crippen molar-refractivity contribution < 1.29 is 14.8 Å². The van der Waals surface area contributed by atoms with Crippen molar-refractivity contribution in [3.8, 4) is 11.1 Å². The molecule has 0 aliphatic carbocycles. The fraction of sp³-hybridized carbons (Fsp3) is 0.0526. The van der Waals surface area contributed by atoms with Crippen LogP contribution < -0.4 is 5.32 Å². The van der Waals surface area contributed by atoms with Gasteiger partial charge in [0.05, 0.1) is 10.5 Å². The molecule has 7 nitrogen and oxygen atoms in total. The van der Waals surface area contributed by atoms with Gasteiger partial charge in [-0.05, 0) is 23.3 Å². The largest absolute Gasteiger partial charge is 0.478 e. The molecule has 1 aromatic heterocycles. The lowest BCUT2D eigenvalue weighted by atomic mass is 10.00. The van der Waals surface area contributed by atoms with Gasteiger partial charge in [0.25, 0.3) is 0 Å². The van der Waals surface area contributed by atoms with Gasteiger partial charge >= 0.3 is 11.7 Å². The zero-order valence-corrected chi connectivity index (χ0v) is 14.0. The number of aromatic nitrogens is 1. The first kappa shape index (κ1) is 18.6. The summed E-state index contributed by atoms with van der Waals surface area (Å²) in [5.74, 6) is -0.605. The third kappa shape index (κ3) is 4.64. The number of anilines is 1. The van der Waals surface area contributed by atoms with Crippen LogP contribution in [0.3, 0.4) is 0 Å². The van der Waals surface area contributed by atoms with Gasteiger partial charge in [0.1, 0.15) is 0 Å². The maximum Gasteiger partial charge on any atom is 0.336 e. The molecule has 132 valence electrons. The summed E-state index contributed by atoms with van der Waals surface area (Å²) in [4.78, 5) is 24.6. The fourth-order valence-corrected chi connectivity index (χ4v) is 2.28. The maximum absolute atomic E-state index is 11.0. The van der Waals surface area contributed by atoms with Crippen LogP contribution in [-0.4, -0.2) is 28.0 Å². The van der Waals surface area contributed by atoms with E-state index in [1.165, 1.54) is 18.3 Å². The average molecular weight is 351 g/mol. The monoisotopic (exact) mass is 351 g/mol. The van der Waals surface area contributed by atoms with Gasteiger partial charge in [-0.15, -0.1) is 0 Å². The molecule has 3 aromatic rings. The molecule has 2 aromatic carbocycles. The fourth-order valence-electron chi connectivity index (χ4n) is 2.28. The Morgan fingerprint density at radius 3 is 2.27 bits per heavy atom. The molecular weight excluding hydrogens is 334 g/mol. The average Bonchev–Trinajstić information content (AvgIpc) is 2.69. The van der Waals surface area contributed by atoms with Gasteiger partial charge in [-0.25, -0.2) is 9.78 Å². The van der Waals surface area contributed by atoms with Crippen molar-refractivity contribution in [3.05, 3.63) is 88.6 Å². The highest BCUT2D eigenvalue weighted by molar-refractivity contribution is 5.95. The molecule has 0 atom stereocenters. The molecule has 0 amide bonds. The molecule has 0 radical (unpaired) electrons. The van der Waals surface area contributed by atoms with Crippen molar-refractivity contribution in [3.63, 3.8) is 0 Å². The number of carboxylic acid groups (broad SMARTS) is 1. The van der Waals surface area contributed by atoms with E-state index in [0.29, 0.717) is 5.56 Å². The number of nitrogens with one attached hydrogen (secondary N) is 1. The second-order valence-electron chi connectivity index (χ2n) is 5.10. The Bertz CT molecular complexity index is 898. The molecule has 3 rings (SSSR count). The SMILES string of the molecule is CNc1ncccc1[N+](=O)[O-].O=C(O)c1ccccc1-c1ccccc1. The van der Waals surface area contributed by atoms with E-state index in [-0.39, 0.29) is 11.5 Å². The van der Waals surface area contributed by atoms with Crippen molar-refractivity contribution in [1.82, 2.24) is 4.98 Å². The lowest BCUT2D eigenvalue weighted by Crippen LogP contribution is -1.98. The van der Waals surface area contributed by atoms with Crippen LogP contribution in [-0.2, 0) is 0 Å². The van der Waals surface area contributed by atoms with Crippen molar-refractivity contribution in [2.45, 2.75) is 0 Å². The second kappa shape index (κ2) is 8.93. The Labute approximate surface area is 150 Å². The number of benzene rings is 2. The minimum Gasteiger partial charge on any atom is -0.478 e. The lowest BCUT2D eigenvalue weighted by molar-refractivity contribution is -0.384. The highest BCUT2D eigenvalue weighted by Gasteiger charge is 2.11. The Morgan fingerprint density at radius 2 is 1.69 bits per heavy atom. The zero-order chi connectivity index (χ0) is 18.9. The second-order valence-corrected chi connectivity index (χ2v) is 5.10. The highest BCUT2D eigenvalue weighted by atomic mass is 16.6. The molecular formula is C19H17N3O4. The molecule has 7 heteroatoms. The van der Waals surface area contributed by atoms with Gasteiger partial charge in [0.2, 0.25) is 5.82 Å². The minimum absolute atomic E-state index is 0.00463. The lowest BCUT2D eigenvalue weighted by Gasteiger charge is -2.05. The topological polar surface area (TPSA) is 105 Å². The van der Waals surface area contributed by atoms with Crippen molar-refractivity contribution in [2.24, 2.45) is 0 Å². The first-order valence-electron chi connectivity index (χ1n) is 7.69. The van der Waals surface area contributed by atoms with Crippen LogP contribution in [0.15, 0.2) is 72.9 Å². The Kier molecular flexibility index (Phi) is 6.39. The van der Waals surface area contributed by atoms with E-state index in [4.69, 9.17) is 5.11 Å². The van der Waals surface area contributed by atoms with E-state index in [1.54, 1.807) is 19.2 Å². The molecule has 0 aliphatic heterocycles. The number of nitrogens with zero attached hydrogens (tertiary/aromatic N) is 2. The van der Waals surface area contributed by atoms with E-state index in [2.05, 4.69) is 10.3 Å². The van der Waals surface area contributed by atoms with Crippen LogP contribution in [0.2, 0.25) is 0 Å². The minimum atomic E-state index is -0.894. The van der Waals surface area contributed by atoms with Crippen LogP contribution >= 0.6 is 0 Å². The van der Waals surface area contributed by atoms with E-state index in [1.807, 2.05) is 42.5 Å². The number of hydrogen-bond donors (Lipinski definition) is 2. The number of rotatable bonds is 4. The van der Waals surface area contributed by atoms with E-state index >= 15 is 0 Å². The normalized spacial score (nSPS) is 9.58. The van der Waals surface area contributed by atoms with Crippen LogP contribution in [0, 0.1) is 10.1 Å². The number of carboxylic acids is 1. The summed E-state index contributed by atoms with van der Waals surface area (Å²) in [5.41, 5.74) is 2.01. The molecule has 2 N–H and O–H groups in total. The predicted molar refractivity (Wildman–Crippen MR) is 99.3 cm³/mol. The molecule has 0 bridgehead atoms. The molecule has 0 aliphatic rings. The van der Waals surface area contributed by atoms with Crippen molar-refractivity contribution >= 4 is 17.5 Å². The van der Waals surface area contributed by atoms with Gasteiger partial charge in [0.15, 0.2) is 0 Å². The number of carbonyl (C=O) groups is 1. The number of aromatic carboxylic acids is 1. The standard InChI is InChI=1S/C13H10O2.C6H7N3O2/c14-13(15)12-9-5-4-8-11(12)10-6-2-1-3-7-10;1-7-6-5(9(10)11)3-2-4-8-6/h1-9H,(H,14,15);2-4H,1H3,(H,7,8). The molecule has 1 heterocycles. The third-order valence-electron chi connectivity index (χ3n) is 3.46. The number of nitro groups is 1. The molecule has 0 spiro atoms. The van der Waals surface area contributed by atoms with Crippen LogP contribution in [0.4, 0.5) is 11.5 Å². The van der Waals surface area contributed by atoms with Gasteiger partial charge in [-0.3, -0.25) is 10.1 Å². The summed E-state index contributed by atoms with van der Waals surface area (Å²) < 4.78 is 0. The van der Waals surface area contributed by atoms with Gasteiger partial charge in [-0.1, -0.05) is 48.5 Å². The Balaban J connectivity index is 0.000000197. The van der Waals surface area contributed by atoms with Crippen LogP contribution in [0.1, 0.15) is 10.4 Å². The first-order chi connectivity index (χ1) is 12.5. The summed E-state index contributed by atoms with van der Waals surface area (Å²) in [5, 5.41) is 22.0. The van der Waals surface area contributed by atoms with Gasteiger partial charge < -0.3 is 10.4 Å². The first-order valence-corrected chi connectivity index (χ1v) is 7.69. The summed E-state index contributed by atoms with van der Waals surface area (Å²) in [6.45, 7) is 0. The third-order valence-corrected chi connectivity index (χ3v) is 3.46. The predicted octanol–water partition coefficient (Wildman–Crippen LogP) is 4.08. The van der Waals surface area contributed by atoms with Crippen molar-refractivity contribution in [1.29, 1.82) is 0 Å². The summed E-state index contributed by atoms with van der Waals surface area (Å²) >= 11 is 0. The summed E-state index contributed by atoms with van der Waals surface area (Å²) in [6.07, 6.45) is 1.50. The number of hydrogen-bond acceptors (Lipinski definition) is 5. The number of pyridine rings is 1. The molecule has 26 heavy (non-hydrogen) atoms.